The summed E-state index contributed by atoms with van der Waals surface area (Å²) in [6.07, 6.45) is 4.83. The van der Waals surface area contributed by atoms with E-state index in [1.807, 2.05) is 5.92 Å². The molecule has 0 aromatic carbocycles. The Hall–Kier alpha value is -1.83. The van der Waals surface area contributed by atoms with Crippen LogP contribution in [0.2, 0.25) is 0 Å². The molecule has 1 heterocycles. The molecule has 0 radical (unpaired) electrons. The number of H-pyrrole nitrogens is 1. The predicted octanol–water partition coefficient (Wildman–Crippen LogP) is -0.637. The van der Waals surface area contributed by atoms with Gasteiger partial charge in [-0.3, -0.25) is 9.89 Å². The molecule has 0 saturated heterocycles. The number of hydrogen-bond acceptors (Lipinski definition) is 3. The first kappa shape index (κ1) is 8.27. The van der Waals surface area contributed by atoms with E-state index < -0.39 is 5.91 Å². The molecule has 5 nitrogen and oxygen atoms in total. The van der Waals surface area contributed by atoms with Gasteiger partial charge in [0.25, 0.3) is 5.91 Å². The number of aromatic nitrogens is 3. The van der Waals surface area contributed by atoms with Gasteiger partial charge in [0.05, 0.1) is 6.54 Å². The number of rotatable bonds is 2. The summed E-state index contributed by atoms with van der Waals surface area (Å²) in [5.41, 5.74) is 0. The van der Waals surface area contributed by atoms with Crippen molar-refractivity contribution in [1.29, 1.82) is 0 Å². The van der Waals surface area contributed by atoms with Crippen LogP contribution in [0.1, 0.15) is 11.6 Å². The Bertz CT molecular complexity index is 322. The molecule has 0 aliphatic carbocycles. The molecular formula is C7H8N4O. The van der Waals surface area contributed by atoms with Crippen molar-refractivity contribution in [2.75, 3.05) is 0 Å². The second kappa shape index (κ2) is 3.53. The lowest BCUT2D eigenvalue weighted by Gasteiger charge is -1.93. The van der Waals surface area contributed by atoms with Crippen molar-refractivity contribution in [3.05, 3.63) is 11.6 Å². The molecule has 0 spiro atoms. The van der Waals surface area contributed by atoms with Gasteiger partial charge in [0.15, 0.2) is 5.82 Å². The van der Waals surface area contributed by atoms with Crippen LogP contribution in [-0.4, -0.2) is 21.1 Å². The average Bonchev–Trinajstić information content (AvgIpc) is 2.47. The molecule has 1 aromatic rings. The van der Waals surface area contributed by atoms with Crippen molar-refractivity contribution < 1.29 is 4.79 Å². The Morgan fingerprint density at radius 2 is 2.58 bits per heavy atom. The third kappa shape index (κ3) is 2.09. The maximum absolute atomic E-state index is 10.6. The van der Waals surface area contributed by atoms with Crippen LogP contribution in [-0.2, 0) is 11.3 Å². The highest BCUT2D eigenvalue weighted by molar-refractivity contribution is 5.92. The molecule has 2 N–H and O–H groups in total. The summed E-state index contributed by atoms with van der Waals surface area (Å²) in [6.45, 7) is 2.03. The summed E-state index contributed by atoms with van der Waals surface area (Å²) in [5.74, 6) is 2.70. The van der Waals surface area contributed by atoms with Gasteiger partial charge < -0.3 is 5.32 Å². The van der Waals surface area contributed by atoms with Crippen molar-refractivity contribution >= 4 is 5.91 Å². The molecule has 12 heavy (non-hydrogen) atoms. The minimum absolute atomic E-state index is 0.257. The SMILES string of the molecule is C#CC(=O)NCc1n[nH]c(C)n1. The van der Waals surface area contributed by atoms with Crippen LogP contribution in [0.3, 0.4) is 0 Å². The third-order valence-corrected chi connectivity index (χ3v) is 1.18. The Labute approximate surface area is 69.6 Å². The molecule has 1 amide bonds. The van der Waals surface area contributed by atoms with Gasteiger partial charge in [-0.15, -0.1) is 6.42 Å². The lowest BCUT2D eigenvalue weighted by atomic mass is 10.5. The number of nitrogens with one attached hydrogen (secondary N) is 2. The van der Waals surface area contributed by atoms with Crippen LogP contribution in [0, 0.1) is 19.3 Å². The number of amides is 1. The molecule has 0 unspecified atom stereocenters. The highest BCUT2D eigenvalue weighted by atomic mass is 16.1. The van der Waals surface area contributed by atoms with Gasteiger partial charge in [-0.05, 0) is 12.8 Å². The number of nitrogens with zero attached hydrogens (tertiary/aromatic N) is 2. The molecule has 0 atom stereocenters. The zero-order valence-corrected chi connectivity index (χ0v) is 6.59. The Kier molecular flexibility index (Phi) is 2.43. The van der Waals surface area contributed by atoms with Crippen molar-refractivity contribution in [2.24, 2.45) is 0 Å². The number of hydrogen-bond donors (Lipinski definition) is 2. The molecule has 1 rings (SSSR count). The van der Waals surface area contributed by atoms with Gasteiger partial charge in [0, 0.05) is 0 Å². The number of carbonyl (C=O) groups excluding carboxylic acids is 1. The molecule has 0 bridgehead atoms. The molecule has 0 fully saturated rings. The van der Waals surface area contributed by atoms with E-state index in [2.05, 4.69) is 20.5 Å². The molecule has 0 saturated carbocycles. The molecule has 0 aliphatic rings. The van der Waals surface area contributed by atoms with Crippen LogP contribution in [0.25, 0.3) is 0 Å². The van der Waals surface area contributed by atoms with Gasteiger partial charge in [-0.1, -0.05) is 0 Å². The van der Waals surface area contributed by atoms with Gasteiger partial charge in [-0.2, -0.15) is 5.10 Å². The smallest absolute Gasteiger partial charge is 0.296 e. The fourth-order valence-corrected chi connectivity index (χ4v) is 0.678. The summed E-state index contributed by atoms with van der Waals surface area (Å²) in [6, 6.07) is 0. The van der Waals surface area contributed by atoms with Gasteiger partial charge >= 0.3 is 0 Å². The number of carbonyl (C=O) groups is 1. The topological polar surface area (TPSA) is 70.7 Å². The van der Waals surface area contributed by atoms with E-state index in [1.54, 1.807) is 6.92 Å². The first-order valence-electron chi connectivity index (χ1n) is 3.34. The molecule has 1 aromatic heterocycles. The molecule has 62 valence electrons. The first-order chi connectivity index (χ1) is 5.72. The minimum Gasteiger partial charge on any atom is -0.338 e. The minimum atomic E-state index is -0.461. The summed E-state index contributed by atoms with van der Waals surface area (Å²) < 4.78 is 0. The van der Waals surface area contributed by atoms with Crippen LogP contribution in [0.5, 0.6) is 0 Å². The van der Waals surface area contributed by atoms with E-state index in [0.717, 1.165) is 0 Å². The second-order valence-electron chi connectivity index (χ2n) is 2.16. The maximum Gasteiger partial charge on any atom is 0.296 e. The van der Waals surface area contributed by atoms with Crippen LogP contribution in [0.4, 0.5) is 0 Å². The van der Waals surface area contributed by atoms with E-state index >= 15 is 0 Å². The highest BCUT2D eigenvalue weighted by Crippen LogP contribution is 1.88. The van der Waals surface area contributed by atoms with Gasteiger partial charge in [0.1, 0.15) is 5.82 Å². The zero-order valence-electron chi connectivity index (χ0n) is 6.59. The summed E-state index contributed by atoms with van der Waals surface area (Å²) in [7, 11) is 0. The Morgan fingerprint density at radius 1 is 1.83 bits per heavy atom. The van der Waals surface area contributed by atoms with Crippen LogP contribution >= 0.6 is 0 Å². The standard InChI is InChI=1S/C7H8N4O/c1-3-7(12)8-4-6-9-5(2)10-11-6/h1H,4H2,2H3,(H,8,12)(H,9,10,11). The zero-order chi connectivity index (χ0) is 8.97. The lowest BCUT2D eigenvalue weighted by Crippen LogP contribution is -2.21. The maximum atomic E-state index is 10.6. The molecular weight excluding hydrogens is 156 g/mol. The molecule has 0 aliphatic heterocycles. The normalized spacial score (nSPS) is 9.00. The highest BCUT2D eigenvalue weighted by Gasteiger charge is 2.00. The third-order valence-electron chi connectivity index (χ3n) is 1.18. The summed E-state index contributed by atoms with van der Waals surface area (Å²) in [5, 5.41) is 8.89. The van der Waals surface area contributed by atoms with E-state index in [9.17, 15) is 4.79 Å². The Balaban J connectivity index is 2.44. The quantitative estimate of drug-likeness (QED) is 0.571. The van der Waals surface area contributed by atoms with Crippen LogP contribution < -0.4 is 5.32 Å². The van der Waals surface area contributed by atoms with E-state index in [4.69, 9.17) is 6.42 Å². The van der Waals surface area contributed by atoms with Crippen molar-refractivity contribution in [2.45, 2.75) is 13.5 Å². The van der Waals surface area contributed by atoms with Crippen molar-refractivity contribution in [3.8, 4) is 12.3 Å². The van der Waals surface area contributed by atoms with Gasteiger partial charge in [0.2, 0.25) is 0 Å². The fourth-order valence-electron chi connectivity index (χ4n) is 0.678. The average molecular weight is 164 g/mol. The van der Waals surface area contributed by atoms with Crippen LogP contribution in [0.15, 0.2) is 0 Å². The largest absolute Gasteiger partial charge is 0.338 e. The predicted molar refractivity (Wildman–Crippen MR) is 41.8 cm³/mol. The summed E-state index contributed by atoms with van der Waals surface area (Å²) in [4.78, 5) is 14.5. The number of aryl methyl sites for hydroxylation is 1. The fraction of sp³-hybridized carbons (Fsp3) is 0.286. The van der Waals surface area contributed by atoms with E-state index in [1.165, 1.54) is 0 Å². The van der Waals surface area contributed by atoms with E-state index in [-0.39, 0.29) is 6.54 Å². The van der Waals surface area contributed by atoms with Crippen molar-refractivity contribution in [1.82, 2.24) is 20.5 Å². The second-order valence-corrected chi connectivity index (χ2v) is 2.16. The Morgan fingerprint density at radius 3 is 3.08 bits per heavy atom. The lowest BCUT2D eigenvalue weighted by molar-refractivity contribution is -0.115. The monoisotopic (exact) mass is 164 g/mol. The molecule has 5 heteroatoms. The number of aromatic amines is 1. The van der Waals surface area contributed by atoms with E-state index in [0.29, 0.717) is 11.6 Å². The number of terminal acetylenes is 1. The van der Waals surface area contributed by atoms with Crippen molar-refractivity contribution in [3.63, 3.8) is 0 Å². The van der Waals surface area contributed by atoms with Gasteiger partial charge in [-0.25, -0.2) is 4.98 Å². The summed E-state index contributed by atoms with van der Waals surface area (Å²) >= 11 is 0. The first-order valence-corrected chi connectivity index (χ1v) is 3.34.